The third kappa shape index (κ3) is 2.03. The molecule has 0 amide bonds. The fourth-order valence-corrected chi connectivity index (χ4v) is 2.70. The van der Waals surface area contributed by atoms with Crippen LogP contribution in [0.4, 0.5) is 0 Å². The minimum Gasteiger partial charge on any atom is -0.297 e. The maximum Gasteiger partial charge on any atom is 0.145 e. The van der Waals surface area contributed by atoms with E-state index in [1.807, 2.05) is 47.0 Å². The molecule has 0 fully saturated rings. The lowest BCUT2D eigenvalue weighted by Crippen LogP contribution is -1.88. The van der Waals surface area contributed by atoms with Crippen molar-refractivity contribution >= 4 is 44.6 Å². The fraction of sp³-hybridized carbons (Fsp3) is 0. The minimum absolute atomic E-state index is 0.663. The molecular formula is C13H7BrCl2N2. The third-order valence-corrected chi connectivity index (χ3v) is 3.68. The largest absolute Gasteiger partial charge is 0.297 e. The molecule has 0 unspecified atom stereocenters. The normalized spacial score (nSPS) is 11.1. The molecule has 2 heterocycles. The predicted molar refractivity (Wildman–Crippen MR) is 78.3 cm³/mol. The monoisotopic (exact) mass is 340 g/mol. The highest BCUT2D eigenvalue weighted by Crippen LogP contribution is 2.28. The Hall–Kier alpha value is -1.03. The number of rotatable bonds is 1. The molecule has 0 aliphatic heterocycles. The number of imidazole rings is 1. The summed E-state index contributed by atoms with van der Waals surface area (Å²) in [6, 6.07) is 11.3. The molecule has 0 spiro atoms. The molecule has 3 rings (SSSR count). The Labute approximate surface area is 122 Å². The van der Waals surface area contributed by atoms with Crippen molar-refractivity contribution in [2.45, 2.75) is 0 Å². The van der Waals surface area contributed by atoms with Crippen molar-refractivity contribution in [1.29, 1.82) is 0 Å². The molecule has 0 saturated heterocycles. The number of hydrogen-bond acceptors (Lipinski definition) is 1. The van der Waals surface area contributed by atoms with Crippen molar-refractivity contribution in [3.05, 3.63) is 57.2 Å². The van der Waals surface area contributed by atoms with Crippen LogP contribution < -0.4 is 0 Å². The van der Waals surface area contributed by atoms with E-state index in [1.165, 1.54) is 0 Å². The Balaban J connectivity index is 2.32. The van der Waals surface area contributed by atoms with Gasteiger partial charge in [-0.05, 0) is 40.2 Å². The zero-order valence-corrected chi connectivity index (χ0v) is 12.2. The average Bonchev–Trinajstić information content (AvgIpc) is 2.66. The number of benzene rings is 1. The van der Waals surface area contributed by atoms with Gasteiger partial charge in [0.15, 0.2) is 0 Å². The first-order valence-corrected chi connectivity index (χ1v) is 6.79. The van der Waals surface area contributed by atoms with E-state index in [9.17, 15) is 0 Å². The van der Waals surface area contributed by atoms with Crippen molar-refractivity contribution < 1.29 is 0 Å². The molecule has 0 N–H and O–H groups in total. The van der Waals surface area contributed by atoms with E-state index in [1.54, 1.807) is 0 Å². The molecule has 1 aromatic carbocycles. The first-order valence-electron chi connectivity index (χ1n) is 5.24. The van der Waals surface area contributed by atoms with Gasteiger partial charge in [-0.1, -0.05) is 35.3 Å². The number of nitrogens with zero attached hydrogens (tertiary/aromatic N) is 2. The van der Waals surface area contributed by atoms with Gasteiger partial charge in [-0.15, -0.1) is 0 Å². The second-order valence-corrected chi connectivity index (χ2v) is 5.46. The standard InChI is InChI=1S/C13H7BrCl2N2/c14-12-11-5-4-10(16)7-18(11)13(17-12)8-2-1-3-9(15)6-8/h1-7H. The number of halogens is 3. The molecule has 0 aliphatic rings. The third-order valence-electron chi connectivity index (χ3n) is 2.64. The van der Waals surface area contributed by atoms with Crippen LogP contribution in [0.1, 0.15) is 0 Å². The average molecular weight is 342 g/mol. The molecule has 90 valence electrons. The molecule has 3 aromatic rings. The van der Waals surface area contributed by atoms with Gasteiger partial charge in [0, 0.05) is 16.8 Å². The van der Waals surface area contributed by atoms with Gasteiger partial charge in [-0.25, -0.2) is 4.98 Å². The lowest BCUT2D eigenvalue weighted by Gasteiger charge is -2.02. The van der Waals surface area contributed by atoms with Crippen LogP contribution in [-0.4, -0.2) is 9.38 Å². The van der Waals surface area contributed by atoms with Crippen LogP contribution >= 0.6 is 39.1 Å². The molecule has 0 bridgehead atoms. The van der Waals surface area contributed by atoms with Crippen molar-refractivity contribution in [3.8, 4) is 11.4 Å². The Kier molecular flexibility index (Phi) is 3.06. The molecule has 2 nitrogen and oxygen atoms in total. The number of pyridine rings is 1. The molecule has 5 heteroatoms. The maximum atomic E-state index is 6.03. The first-order chi connectivity index (χ1) is 8.65. The van der Waals surface area contributed by atoms with E-state index in [0.717, 1.165) is 21.5 Å². The van der Waals surface area contributed by atoms with Crippen molar-refractivity contribution in [3.63, 3.8) is 0 Å². The van der Waals surface area contributed by atoms with Crippen molar-refractivity contribution in [1.82, 2.24) is 9.38 Å². The van der Waals surface area contributed by atoms with Gasteiger partial charge in [-0.3, -0.25) is 4.40 Å². The van der Waals surface area contributed by atoms with Crippen LogP contribution in [0.25, 0.3) is 16.9 Å². The van der Waals surface area contributed by atoms with Crippen LogP contribution in [0.5, 0.6) is 0 Å². The molecule has 0 atom stereocenters. The number of aromatic nitrogens is 2. The second-order valence-electron chi connectivity index (χ2n) is 3.84. The molecule has 18 heavy (non-hydrogen) atoms. The summed E-state index contributed by atoms with van der Waals surface area (Å²) in [4.78, 5) is 4.50. The van der Waals surface area contributed by atoms with E-state index in [4.69, 9.17) is 23.2 Å². The summed E-state index contributed by atoms with van der Waals surface area (Å²) in [7, 11) is 0. The highest BCUT2D eigenvalue weighted by molar-refractivity contribution is 9.10. The summed E-state index contributed by atoms with van der Waals surface area (Å²) in [6.07, 6.45) is 1.84. The summed E-state index contributed by atoms with van der Waals surface area (Å²) in [5.41, 5.74) is 1.92. The summed E-state index contributed by atoms with van der Waals surface area (Å²) in [5.74, 6) is 0.807. The van der Waals surface area contributed by atoms with Gasteiger partial charge in [0.2, 0.25) is 0 Å². The summed E-state index contributed by atoms with van der Waals surface area (Å²) in [5, 5.41) is 1.35. The molecule has 0 saturated carbocycles. The van der Waals surface area contributed by atoms with Gasteiger partial charge in [0.05, 0.1) is 10.5 Å². The lowest BCUT2D eigenvalue weighted by atomic mass is 10.2. The van der Waals surface area contributed by atoms with Crippen LogP contribution in [0.15, 0.2) is 47.2 Å². The van der Waals surface area contributed by atoms with Crippen molar-refractivity contribution in [2.24, 2.45) is 0 Å². The Morgan fingerprint density at radius 3 is 2.67 bits per heavy atom. The van der Waals surface area contributed by atoms with Gasteiger partial charge in [0.1, 0.15) is 10.4 Å². The molecular weight excluding hydrogens is 335 g/mol. The number of fused-ring (bicyclic) bond motifs is 1. The molecule has 0 aliphatic carbocycles. The van der Waals surface area contributed by atoms with E-state index in [0.29, 0.717) is 10.0 Å². The fourth-order valence-electron chi connectivity index (χ4n) is 1.85. The highest BCUT2D eigenvalue weighted by Gasteiger charge is 2.11. The Bertz CT molecular complexity index is 737. The van der Waals surface area contributed by atoms with Crippen molar-refractivity contribution in [2.75, 3.05) is 0 Å². The van der Waals surface area contributed by atoms with Gasteiger partial charge in [-0.2, -0.15) is 0 Å². The second kappa shape index (κ2) is 4.57. The quantitative estimate of drug-likeness (QED) is 0.604. The van der Waals surface area contributed by atoms with Crippen LogP contribution in [0.2, 0.25) is 10.0 Å². The number of hydrogen-bond donors (Lipinski definition) is 0. The van der Waals surface area contributed by atoms with Gasteiger partial charge < -0.3 is 0 Å². The highest BCUT2D eigenvalue weighted by atomic mass is 79.9. The lowest BCUT2D eigenvalue weighted by molar-refractivity contribution is 1.16. The van der Waals surface area contributed by atoms with E-state index in [-0.39, 0.29) is 0 Å². The summed E-state index contributed by atoms with van der Waals surface area (Å²) in [6.45, 7) is 0. The van der Waals surface area contributed by atoms with Gasteiger partial charge >= 0.3 is 0 Å². The summed E-state index contributed by atoms with van der Waals surface area (Å²) < 4.78 is 2.73. The Morgan fingerprint density at radius 1 is 1.06 bits per heavy atom. The topological polar surface area (TPSA) is 17.3 Å². The van der Waals surface area contributed by atoms with E-state index < -0.39 is 0 Å². The zero-order chi connectivity index (χ0) is 12.7. The Morgan fingerprint density at radius 2 is 1.89 bits per heavy atom. The minimum atomic E-state index is 0.663. The van der Waals surface area contributed by atoms with Gasteiger partial charge in [0.25, 0.3) is 0 Å². The first kappa shape index (κ1) is 12.0. The summed E-state index contributed by atoms with van der Waals surface area (Å²) >= 11 is 15.5. The van der Waals surface area contributed by atoms with E-state index in [2.05, 4.69) is 20.9 Å². The predicted octanol–water partition coefficient (Wildman–Crippen LogP) is 5.07. The zero-order valence-electron chi connectivity index (χ0n) is 9.07. The maximum absolute atomic E-state index is 6.03. The van der Waals surface area contributed by atoms with E-state index >= 15 is 0 Å². The van der Waals surface area contributed by atoms with Crippen LogP contribution in [0, 0.1) is 0 Å². The molecule has 0 radical (unpaired) electrons. The smallest absolute Gasteiger partial charge is 0.145 e. The van der Waals surface area contributed by atoms with Crippen LogP contribution in [0.3, 0.4) is 0 Å². The SMILES string of the molecule is Clc1cccc(-c2nc(Br)c3ccc(Cl)cn23)c1. The van der Waals surface area contributed by atoms with Crippen LogP contribution in [-0.2, 0) is 0 Å². The molecule has 2 aromatic heterocycles.